The Morgan fingerprint density at radius 2 is 2.16 bits per heavy atom. The van der Waals surface area contributed by atoms with Crippen LogP contribution in [0.15, 0.2) is 18.6 Å². The summed E-state index contributed by atoms with van der Waals surface area (Å²) in [7, 11) is 1.61. The molecule has 2 rings (SSSR count). The zero-order valence-corrected chi connectivity index (χ0v) is 11.7. The Kier molecular flexibility index (Phi) is 3.99. The minimum absolute atomic E-state index is 0.377. The Labute approximate surface area is 112 Å². The zero-order valence-electron chi connectivity index (χ0n) is 11.7. The van der Waals surface area contributed by atoms with E-state index < -0.39 is 0 Å². The topological polar surface area (TPSA) is 64.9 Å². The minimum atomic E-state index is 0.377. The van der Waals surface area contributed by atoms with E-state index in [1.54, 1.807) is 11.8 Å². The molecule has 2 aromatic rings. The Morgan fingerprint density at radius 3 is 2.74 bits per heavy atom. The monoisotopic (exact) mass is 261 g/mol. The van der Waals surface area contributed by atoms with E-state index in [0.717, 1.165) is 12.2 Å². The number of hydrogen-bond acceptors (Lipinski definition) is 5. The zero-order chi connectivity index (χ0) is 13.8. The number of nitrogens with one attached hydrogen (secondary N) is 1. The van der Waals surface area contributed by atoms with E-state index in [4.69, 9.17) is 4.74 Å². The van der Waals surface area contributed by atoms with Crippen molar-refractivity contribution in [3.63, 3.8) is 0 Å². The highest BCUT2D eigenvalue weighted by Crippen LogP contribution is 2.27. The van der Waals surface area contributed by atoms with E-state index in [1.165, 1.54) is 6.33 Å². The summed E-state index contributed by atoms with van der Waals surface area (Å²) in [6, 6.07) is 1.99. The third kappa shape index (κ3) is 2.67. The molecule has 0 aliphatic heterocycles. The Balaban J connectivity index is 2.45. The van der Waals surface area contributed by atoms with Crippen LogP contribution < -0.4 is 10.1 Å². The summed E-state index contributed by atoms with van der Waals surface area (Å²) in [5.74, 6) is 2.29. The van der Waals surface area contributed by atoms with Gasteiger partial charge in [0.2, 0.25) is 11.6 Å². The van der Waals surface area contributed by atoms with Gasteiger partial charge in [-0.25, -0.2) is 14.6 Å². The second kappa shape index (κ2) is 5.69. The summed E-state index contributed by atoms with van der Waals surface area (Å²) < 4.78 is 7.12. The van der Waals surface area contributed by atoms with E-state index in [-0.39, 0.29) is 0 Å². The number of methoxy groups -OCH3 is 1. The van der Waals surface area contributed by atoms with Crippen molar-refractivity contribution in [3.05, 3.63) is 24.3 Å². The number of aromatic nitrogens is 4. The van der Waals surface area contributed by atoms with Crippen LogP contribution in [0.3, 0.4) is 0 Å². The summed E-state index contributed by atoms with van der Waals surface area (Å²) in [4.78, 5) is 8.44. The van der Waals surface area contributed by atoms with Gasteiger partial charge < -0.3 is 10.1 Å². The molecule has 0 atom stereocenters. The molecule has 1 N–H and O–H groups in total. The van der Waals surface area contributed by atoms with Crippen LogP contribution in [0.1, 0.15) is 32.4 Å². The molecule has 0 saturated carbocycles. The van der Waals surface area contributed by atoms with Gasteiger partial charge in [-0.15, -0.1) is 0 Å². The van der Waals surface area contributed by atoms with Gasteiger partial charge >= 0.3 is 0 Å². The lowest BCUT2D eigenvalue weighted by atomic mass is 10.1. The SMILES string of the molecule is CCNc1ncnc(-n2ccc(C(C)C)n2)c1OC. The lowest BCUT2D eigenvalue weighted by Gasteiger charge is -2.11. The van der Waals surface area contributed by atoms with Gasteiger partial charge in [0.05, 0.1) is 12.8 Å². The highest BCUT2D eigenvalue weighted by molar-refractivity contribution is 5.57. The lowest BCUT2D eigenvalue weighted by molar-refractivity contribution is 0.409. The normalized spacial score (nSPS) is 10.8. The average molecular weight is 261 g/mol. The molecule has 0 spiro atoms. The van der Waals surface area contributed by atoms with Gasteiger partial charge in [0.1, 0.15) is 6.33 Å². The molecule has 0 amide bonds. The second-order valence-electron chi connectivity index (χ2n) is 4.45. The first-order valence-electron chi connectivity index (χ1n) is 6.36. The fraction of sp³-hybridized carbons (Fsp3) is 0.462. The summed E-state index contributed by atoms with van der Waals surface area (Å²) in [6.45, 7) is 6.98. The number of rotatable bonds is 5. The highest BCUT2D eigenvalue weighted by atomic mass is 16.5. The van der Waals surface area contributed by atoms with Gasteiger partial charge in [-0.3, -0.25) is 0 Å². The van der Waals surface area contributed by atoms with Crippen molar-refractivity contribution in [2.24, 2.45) is 0 Å². The summed E-state index contributed by atoms with van der Waals surface area (Å²) in [5, 5.41) is 7.66. The third-order valence-electron chi connectivity index (χ3n) is 2.75. The second-order valence-corrected chi connectivity index (χ2v) is 4.45. The Bertz CT molecular complexity index is 550. The number of anilines is 1. The van der Waals surface area contributed by atoms with Gasteiger partial charge in [0, 0.05) is 12.7 Å². The summed E-state index contributed by atoms with van der Waals surface area (Å²) in [6.07, 6.45) is 3.39. The van der Waals surface area contributed by atoms with Crippen molar-refractivity contribution in [1.82, 2.24) is 19.7 Å². The van der Waals surface area contributed by atoms with Crippen molar-refractivity contribution in [2.45, 2.75) is 26.7 Å². The molecule has 2 heterocycles. The standard InChI is InChI=1S/C13H19N5O/c1-5-14-12-11(19-4)13(16-8-15-12)18-7-6-10(17-18)9(2)3/h6-9H,5H2,1-4H3,(H,14,15,16). The van der Waals surface area contributed by atoms with Crippen LogP contribution in [0.5, 0.6) is 5.75 Å². The molecule has 0 aliphatic carbocycles. The molecular formula is C13H19N5O. The summed E-state index contributed by atoms with van der Waals surface area (Å²) in [5.41, 5.74) is 1.02. The van der Waals surface area contributed by atoms with Gasteiger partial charge in [0.15, 0.2) is 5.82 Å². The molecular weight excluding hydrogens is 242 g/mol. The van der Waals surface area contributed by atoms with Crippen molar-refractivity contribution in [2.75, 3.05) is 19.0 Å². The maximum Gasteiger partial charge on any atom is 0.206 e. The predicted octanol–water partition coefficient (Wildman–Crippen LogP) is 2.23. The van der Waals surface area contributed by atoms with Crippen molar-refractivity contribution >= 4 is 5.82 Å². The van der Waals surface area contributed by atoms with E-state index in [2.05, 4.69) is 34.2 Å². The first-order chi connectivity index (χ1) is 9.17. The molecule has 0 bridgehead atoms. The molecule has 0 saturated heterocycles. The minimum Gasteiger partial charge on any atom is -0.490 e. The molecule has 6 nitrogen and oxygen atoms in total. The van der Waals surface area contributed by atoms with Crippen molar-refractivity contribution in [3.8, 4) is 11.6 Å². The van der Waals surface area contributed by atoms with Gasteiger partial charge in [-0.1, -0.05) is 13.8 Å². The smallest absolute Gasteiger partial charge is 0.206 e. The quantitative estimate of drug-likeness (QED) is 0.894. The molecule has 0 radical (unpaired) electrons. The van der Waals surface area contributed by atoms with Crippen LogP contribution in [-0.2, 0) is 0 Å². The van der Waals surface area contributed by atoms with Crippen LogP contribution >= 0.6 is 0 Å². The number of ether oxygens (including phenoxy) is 1. The third-order valence-corrected chi connectivity index (χ3v) is 2.75. The van der Waals surface area contributed by atoms with E-state index in [0.29, 0.717) is 23.3 Å². The van der Waals surface area contributed by atoms with Crippen LogP contribution in [-0.4, -0.2) is 33.4 Å². The largest absolute Gasteiger partial charge is 0.490 e. The number of nitrogens with zero attached hydrogens (tertiary/aromatic N) is 4. The first-order valence-corrected chi connectivity index (χ1v) is 6.36. The molecule has 2 aromatic heterocycles. The van der Waals surface area contributed by atoms with Gasteiger partial charge in [-0.2, -0.15) is 5.10 Å². The van der Waals surface area contributed by atoms with E-state index >= 15 is 0 Å². The van der Waals surface area contributed by atoms with Crippen molar-refractivity contribution < 1.29 is 4.74 Å². The van der Waals surface area contributed by atoms with Crippen LogP contribution in [0, 0.1) is 0 Å². The van der Waals surface area contributed by atoms with Gasteiger partial charge in [0.25, 0.3) is 0 Å². The Morgan fingerprint density at radius 1 is 1.37 bits per heavy atom. The molecule has 0 unspecified atom stereocenters. The predicted molar refractivity (Wildman–Crippen MR) is 74.0 cm³/mol. The van der Waals surface area contributed by atoms with Gasteiger partial charge in [-0.05, 0) is 18.9 Å². The van der Waals surface area contributed by atoms with Crippen LogP contribution in [0.2, 0.25) is 0 Å². The fourth-order valence-corrected chi connectivity index (χ4v) is 1.77. The highest BCUT2D eigenvalue weighted by Gasteiger charge is 2.15. The Hall–Kier alpha value is -2.11. The maximum absolute atomic E-state index is 5.40. The first kappa shape index (κ1) is 13.3. The molecule has 0 fully saturated rings. The molecule has 0 aliphatic rings. The molecule has 0 aromatic carbocycles. The van der Waals surface area contributed by atoms with Crippen molar-refractivity contribution in [1.29, 1.82) is 0 Å². The summed E-state index contributed by atoms with van der Waals surface area (Å²) >= 11 is 0. The molecule has 102 valence electrons. The number of hydrogen-bond donors (Lipinski definition) is 1. The van der Waals surface area contributed by atoms with Crippen LogP contribution in [0.4, 0.5) is 5.82 Å². The van der Waals surface area contributed by atoms with Crippen LogP contribution in [0.25, 0.3) is 5.82 Å². The van der Waals surface area contributed by atoms with E-state index in [1.807, 2.05) is 19.2 Å². The van der Waals surface area contributed by atoms with E-state index in [9.17, 15) is 0 Å². The molecule has 6 heteroatoms. The fourth-order valence-electron chi connectivity index (χ4n) is 1.77. The maximum atomic E-state index is 5.40. The molecule has 19 heavy (non-hydrogen) atoms. The average Bonchev–Trinajstić information content (AvgIpc) is 2.88. The lowest BCUT2D eigenvalue weighted by Crippen LogP contribution is -2.08.